The van der Waals surface area contributed by atoms with E-state index in [1.807, 2.05) is 0 Å². The predicted octanol–water partition coefficient (Wildman–Crippen LogP) is 3.74. The first-order valence-electron chi connectivity index (χ1n) is 3.92. The van der Waals surface area contributed by atoms with E-state index >= 15 is 0 Å². The van der Waals surface area contributed by atoms with Gasteiger partial charge in [0.25, 0.3) is 0 Å². The van der Waals surface area contributed by atoms with Gasteiger partial charge < -0.3 is 0 Å². The average Bonchev–Trinajstić information content (AvgIpc) is 2.06. The monoisotopic (exact) mass is 272 g/mol. The van der Waals surface area contributed by atoms with Crippen LogP contribution in [0.4, 0.5) is 0 Å². The minimum Gasteiger partial charge on any atom is -0.0934 e. The van der Waals surface area contributed by atoms with Gasteiger partial charge in [0.05, 0.1) is 0 Å². The van der Waals surface area contributed by atoms with Gasteiger partial charge in [-0.1, -0.05) is 56.7 Å². The maximum Gasteiger partial charge on any atom is -0.0257 e. The molecule has 0 bridgehead atoms. The summed E-state index contributed by atoms with van der Waals surface area (Å²) in [6.07, 6.45) is 10.7. The fourth-order valence-electron chi connectivity index (χ4n) is 0.778. The molecule has 64 valence electrons. The highest BCUT2D eigenvalue weighted by Gasteiger charge is 1.81. The lowest BCUT2D eigenvalue weighted by Crippen LogP contribution is -1.72. The van der Waals surface area contributed by atoms with Gasteiger partial charge in [0.15, 0.2) is 0 Å². The van der Waals surface area contributed by atoms with Crippen LogP contribution in [0.15, 0.2) is 45.6 Å². The molecule has 0 unspecified atom stereocenters. The Morgan fingerprint density at radius 2 is 1.67 bits per heavy atom. The molecule has 0 saturated carbocycles. The standard InChI is InChI=1S/C11H13I/c1-10-5-3-4-6-11(2)9-12-8-7-10/h3-9H,1-2H3/b4-3+,5-3?,6-4?,8-7+,10-5-,10-7?,11-6-,11-9?. The highest BCUT2D eigenvalue weighted by Crippen LogP contribution is 2.07. The van der Waals surface area contributed by atoms with Crippen molar-refractivity contribution in [3.63, 3.8) is 0 Å². The molecular formula is C11H13I. The Bertz CT molecular complexity index is 258. The van der Waals surface area contributed by atoms with Gasteiger partial charge in [-0.15, -0.1) is 0 Å². The zero-order valence-corrected chi connectivity index (χ0v) is 9.58. The summed E-state index contributed by atoms with van der Waals surface area (Å²) in [4.78, 5) is 0. The molecule has 1 heterocycles. The van der Waals surface area contributed by atoms with Crippen molar-refractivity contribution >= 4 is 24.7 Å². The Balaban J connectivity index is 2.90. The van der Waals surface area contributed by atoms with E-state index in [1.165, 1.54) is 11.1 Å². The molecule has 0 radical (unpaired) electrons. The topological polar surface area (TPSA) is 0 Å². The summed E-state index contributed by atoms with van der Waals surface area (Å²) in [5.41, 5.74) is 2.70. The average molecular weight is 272 g/mol. The first kappa shape index (κ1) is 9.65. The van der Waals surface area contributed by atoms with Crippen LogP contribution in [-0.4, -0.2) is 4.01 Å². The Labute approximate surface area is 84.1 Å². The summed E-state index contributed by atoms with van der Waals surface area (Å²) in [5.74, 6) is 0. The van der Waals surface area contributed by atoms with Gasteiger partial charge in [-0.05, 0) is 27.5 Å². The van der Waals surface area contributed by atoms with Crippen LogP contribution in [0, 0.1) is 0 Å². The van der Waals surface area contributed by atoms with Crippen LogP contribution < -0.4 is 0 Å². The smallest absolute Gasteiger partial charge is 0.0257 e. The van der Waals surface area contributed by atoms with Crippen LogP contribution >= 0.6 is 20.7 Å². The van der Waals surface area contributed by atoms with Gasteiger partial charge in [0.1, 0.15) is 0 Å². The maximum atomic E-state index is 2.33. The Morgan fingerprint density at radius 3 is 2.42 bits per heavy atom. The van der Waals surface area contributed by atoms with Gasteiger partial charge in [-0.25, -0.2) is 0 Å². The maximum absolute atomic E-state index is 2.33. The normalized spacial score (nSPS) is 35.2. The predicted molar refractivity (Wildman–Crippen MR) is 65.9 cm³/mol. The van der Waals surface area contributed by atoms with Crippen LogP contribution in [0.1, 0.15) is 13.8 Å². The molecule has 0 amide bonds. The van der Waals surface area contributed by atoms with Crippen LogP contribution in [0.5, 0.6) is 0 Å². The number of rotatable bonds is 0. The van der Waals surface area contributed by atoms with Crippen LogP contribution in [-0.2, 0) is 0 Å². The minimum atomic E-state index is 0.124. The summed E-state index contributed by atoms with van der Waals surface area (Å²) < 4.78 is 4.62. The summed E-state index contributed by atoms with van der Waals surface area (Å²) in [6, 6.07) is 0. The molecule has 0 atom stereocenters. The molecule has 1 heteroatoms. The van der Waals surface area contributed by atoms with Crippen molar-refractivity contribution in [2.45, 2.75) is 13.8 Å². The second-order valence-electron chi connectivity index (χ2n) is 2.73. The van der Waals surface area contributed by atoms with Crippen molar-refractivity contribution in [3.05, 3.63) is 45.6 Å². The zero-order valence-electron chi connectivity index (χ0n) is 7.42. The zero-order chi connectivity index (χ0) is 8.81. The lowest BCUT2D eigenvalue weighted by atomic mass is 10.2. The van der Waals surface area contributed by atoms with Gasteiger partial charge in [0, 0.05) is 0 Å². The fraction of sp³-hybridized carbons (Fsp3) is 0.182. The fourth-order valence-corrected chi connectivity index (χ4v) is 2.54. The molecule has 1 aliphatic heterocycles. The van der Waals surface area contributed by atoms with E-state index in [1.54, 1.807) is 0 Å². The van der Waals surface area contributed by atoms with E-state index in [4.69, 9.17) is 0 Å². The largest absolute Gasteiger partial charge is 0.0934 e. The minimum absolute atomic E-state index is 0.124. The summed E-state index contributed by atoms with van der Waals surface area (Å²) in [6.45, 7) is 4.28. The quantitative estimate of drug-likeness (QED) is 0.589. The van der Waals surface area contributed by atoms with Crippen molar-refractivity contribution < 1.29 is 0 Å². The molecule has 0 nitrogen and oxygen atoms in total. The molecule has 12 heavy (non-hydrogen) atoms. The van der Waals surface area contributed by atoms with E-state index in [-0.39, 0.29) is 20.7 Å². The Hall–Kier alpha value is -0.440. The molecule has 1 rings (SSSR count). The van der Waals surface area contributed by atoms with Crippen molar-refractivity contribution in [3.8, 4) is 0 Å². The van der Waals surface area contributed by atoms with E-state index in [0.29, 0.717) is 0 Å². The second-order valence-corrected chi connectivity index (χ2v) is 4.80. The molecule has 0 aliphatic carbocycles. The van der Waals surface area contributed by atoms with Gasteiger partial charge in [-0.3, -0.25) is 0 Å². The molecule has 0 saturated heterocycles. The lowest BCUT2D eigenvalue weighted by molar-refractivity contribution is 1.53. The SMILES string of the molecule is CC1=C/C=C/C=C(C)\C=I\C=C\1. The highest BCUT2D eigenvalue weighted by molar-refractivity contribution is 14.2. The third-order valence-electron chi connectivity index (χ3n) is 1.46. The third kappa shape index (κ3) is 3.81. The van der Waals surface area contributed by atoms with Gasteiger partial charge in [-0.2, -0.15) is 0 Å². The van der Waals surface area contributed by atoms with E-state index < -0.39 is 0 Å². The molecule has 1 aliphatic rings. The molecule has 0 spiro atoms. The van der Waals surface area contributed by atoms with Crippen LogP contribution in [0.2, 0.25) is 0 Å². The van der Waals surface area contributed by atoms with Crippen LogP contribution in [0.25, 0.3) is 0 Å². The van der Waals surface area contributed by atoms with Crippen molar-refractivity contribution in [2.75, 3.05) is 0 Å². The van der Waals surface area contributed by atoms with E-state index in [0.717, 1.165) is 0 Å². The molecule has 0 N–H and O–H groups in total. The first-order chi connectivity index (χ1) is 5.79. The Morgan fingerprint density at radius 1 is 1.00 bits per heavy atom. The second kappa shape index (κ2) is 5.25. The summed E-state index contributed by atoms with van der Waals surface area (Å²) >= 11 is 0.124. The molecule has 0 aromatic heterocycles. The molecule has 0 aromatic carbocycles. The van der Waals surface area contributed by atoms with Crippen molar-refractivity contribution in [1.29, 1.82) is 0 Å². The molecule has 0 aromatic rings. The van der Waals surface area contributed by atoms with Crippen LogP contribution in [0.3, 0.4) is 0 Å². The van der Waals surface area contributed by atoms with E-state index in [9.17, 15) is 0 Å². The summed E-state index contributed by atoms with van der Waals surface area (Å²) in [7, 11) is 0. The van der Waals surface area contributed by atoms with Crippen molar-refractivity contribution in [2.24, 2.45) is 0 Å². The molecular weight excluding hydrogens is 259 g/mol. The summed E-state index contributed by atoms with van der Waals surface area (Å²) in [5, 5.41) is 0. The number of hydrogen-bond acceptors (Lipinski definition) is 0. The molecule has 0 fully saturated rings. The first-order valence-corrected chi connectivity index (χ1v) is 6.42. The Kier molecular flexibility index (Phi) is 4.22. The third-order valence-corrected chi connectivity index (χ3v) is 3.58. The number of halogens is 1. The van der Waals surface area contributed by atoms with Gasteiger partial charge in [0.2, 0.25) is 0 Å². The number of hydrogen-bond donors (Lipinski definition) is 0. The van der Waals surface area contributed by atoms with Gasteiger partial charge >= 0.3 is 0 Å². The number of allylic oxidation sites excluding steroid dienone is 7. The highest BCUT2D eigenvalue weighted by atomic mass is 127. The van der Waals surface area contributed by atoms with E-state index in [2.05, 4.69) is 52.3 Å². The van der Waals surface area contributed by atoms with Crippen molar-refractivity contribution in [1.82, 2.24) is 0 Å². The lowest BCUT2D eigenvalue weighted by Gasteiger charge is -1.90.